The van der Waals surface area contributed by atoms with Crippen molar-refractivity contribution in [3.63, 3.8) is 0 Å². The monoisotopic (exact) mass is 447 g/mol. The van der Waals surface area contributed by atoms with Gasteiger partial charge in [0.05, 0.1) is 17.7 Å². The van der Waals surface area contributed by atoms with Crippen molar-refractivity contribution in [1.82, 2.24) is 4.90 Å². The van der Waals surface area contributed by atoms with Crippen LogP contribution in [0.3, 0.4) is 0 Å². The third-order valence-electron chi connectivity index (χ3n) is 5.74. The lowest BCUT2D eigenvalue weighted by Gasteiger charge is -2.30. The fraction of sp³-hybridized carbons (Fsp3) is 0.192. The van der Waals surface area contributed by atoms with E-state index in [4.69, 9.17) is 25.5 Å². The second kappa shape index (κ2) is 8.69. The van der Waals surface area contributed by atoms with Crippen LogP contribution < -0.4 is 15.1 Å². The van der Waals surface area contributed by atoms with Crippen molar-refractivity contribution in [2.45, 2.75) is 13.0 Å². The fourth-order valence-electron chi connectivity index (χ4n) is 4.15. The maximum absolute atomic E-state index is 12.4. The molecule has 0 spiro atoms. The summed E-state index contributed by atoms with van der Waals surface area (Å²) in [4.78, 5) is 14.6. The number of hydrogen-bond donors (Lipinski definition) is 0. The van der Waals surface area contributed by atoms with E-state index in [1.807, 2.05) is 54.6 Å². The first-order chi connectivity index (χ1) is 15.6. The van der Waals surface area contributed by atoms with Gasteiger partial charge in [0.1, 0.15) is 23.8 Å². The van der Waals surface area contributed by atoms with Crippen LogP contribution >= 0.6 is 11.6 Å². The molecule has 5 rings (SSSR count). The molecule has 0 saturated carbocycles. The first-order valence-corrected chi connectivity index (χ1v) is 10.8. The molecule has 3 aromatic carbocycles. The number of halogens is 1. The molecule has 0 N–H and O–H groups in total. The van der Waals surface area contributed by atoms with Crippen LogP contribution in [0.5, 0.6) is 11.5 Å². The van der Waals surface area contributed by atoms with Crippen LogP contribution in [0.15, 0.2) is 75.9 Å². The Morgan fingerprint density at radius 3 is 2.72 bits per heavy atom. The highest BCUT2D eigenvalue weighted by Crippen LogP contribution is 2.41. The molecule has 162 valence electrons. The van der Waals surface area contributed by atoms with Gasteiger partial charge in [0.25, 0.3) is 0 Å². The number of fused-ring (bicyclic) bond motifs is 3. The molecule has 1 aromatic heterocycles. The number of hydrogen-bond acceptors (Lipinski definition) is 5. The molecule has 2 heterocycles. The molecule has 32 heavy (non-hydrogen) atoms. The number of methoxy groups -OCH3 is 1. The van der Waals surface area contributed by atoms with Crippen LogP contribution in [-0.4, -0.2) is 25.3 Å². The van der Waals surface area contributed by atoms with Crippen molar-refractivity contribution in [2.24, 2.45) is 0 Å². The van der Waals surface area contributed by atoms with E-state index in [0.717, 1.165) is 40.8 Å². The molecule has 0 atom stereocenters. The van der Waals surface area contributed by atoms with E-state index in [0.29, 0.717) is 29.6 Å². The molecule has 1 aliphatic heterocycles. The smallest absolute Gasteiger partial charge is 0.336 e. The van der Waals surface area contributed by atoms with E-state index in [-0.39, 0.29) is 0 Å². The van der Waals surface area contributed by atoms with Crippen molar-refractivity contribution in [2.75, 3.05) is 20.4 Å². The maximum Gasteiger partial charge on any atom is 0.336 e. The molecule has 0 amide bonds. The van der Waals surface area contributed by atoms with E-state index in [2.05, 4.69) is 11.0 Å². The largest absolute Gasteiger partial charge is 0.497 e. The van der Waals surface area contributed by atoms with E-state index >= 15 is 0 Å². The van der Waals surface area contributed by atoms with Gasteiger partial charge in [-0.25, -0.2) is 4.79 Å². The zero-order valence-electron chi connectivity index (χ0n) is 17.6. The number of rotatable bonds is 5. The molecule has 0 saturated heterocycles. The summed E-state index contributed by atoms with van der Waals surface area (Å²) in [6.07, 6.45) is 0.841. The number of benzene rings is 3. The Bertz CT molecular complexity index is 1330. The Hall–Kier alpha value is -3.28. The minimum atomic E-state index is -0.394. The summed E-state index contributed by atoms with van der Waals surface area (Å²) in [5, 5.41) is 1.32. The van der Waals surface area contributed by atoms with Gasteiger partial charge in [-0.3, -0.25) is 4.90 Å². The van der Waals surface area contributed by atoms with Crippen LogP contribution in [0.2, 0.25) is 5.02 Å². The summed E-state index contributed by atoms with van der Waals surface area (Å²) < 4.78 is 17.0. The van der Waals surface area contributed by atoms with Gasteiger partial charge in [-0.2, -0.15) is 0 Å². The highest BCUT2D eigenvalue weighted by atomic mass is 35.5. The predicted octanol–water partition coefficient (Wildman–Crippen LogP) is 5.52. The molecule has 0 aliphatic carbocycles. The first-order valence-electron chi connectivity index (χ1n) is 10.4. The van der Waals surface area contributed by atoms with Gasteiger partial charge >= 0.3 is 5.63 Å². The summed E-state index contributed by atoms with van der Waals surface area (Å²) in [5.41, 5.74) is 3.86. The van der Waals surface area contributed by atoms with Crippen molar-refractivity contribution < 1.29 is 13.9 Å². The maximum atomic E-state index is 12.4. The van der Waals surface area contributed by atoms with E-state index in [9.17, 15) is 4.79 Å². The van der Waals surface area contributed by atoms with Gasteiger partial charge in [0.15, 0.2) is 0 Å². The first kappa shape index (κ1) is 20.6. The van der Waals surface area contributed by atoms with Gasteiger partial charge in [0, 0.05) is 24.5 Å². The zero-order chi connectivity index (χ0) is 22.1. The van der Waals surface area contributed by atoms with Gasteiger partial charge in [-0.15, -0.1) is 0 Å². The normalized spacial score (nSPS) is 13.6. The van der Waals surface area contributed by atoms with Gasteiger partial charge in [0.2, 0.25) is 0 Å². The van der Waals surface area contributed by atoms with Crippen molar-refractivity contribution in [3.05, 3.63) is 93.3 Å². The molecule has 6 heteroatoms. The van der Waals surface area contributed by atoms with Crippen molar-refractivity contribution in [3.8, 4) is 22.6 Å². The molecule has 0 fully saturated rings. The molecule has 5 nitrogen and oxygen atoms in total. The second-order valence-electron chi connectivity index (χ2n) is 7.82. The molecule has 0 unspecified atom stereocenters. The third-order valence-corrected chi connectivity index (χ3v) is 6.03. The number of ether oxygens (including phenoxy) is 2. The average molecular weight is 448 g/mol. The molecular weight excluding hydrogens is 426 g/mol. The van der Waals surface area contributed by atoms with Crippen LogP contribution in [0.4, 0.5) is 0 Å². The molecule has 0 bridgehead atoms. The Kier molecular flexibility index (Phi) is 5.60. The van der Waals surface area contributed by atoms with Gasteiger partial charge in [-0.05, 0) is 41.3 Å². The van der Waals surface area contributed by atoms with Crippen LogP contribution in [0, 0.1) is 0 Å². The van der Waals surface area contributed by atoms with Gasteiger partial charge in [-0.1, -0.05) is 54.1 Å². The minimum Gasteiger partial charge on any atom is -0.497 e. The van der Waals surface area contributed by atoms with Crippen LogP contribution in [-0.2, 0) is 13.0 Å². The summed E-state index contributed by atoms with van der Waals surface area (Å²) in [6, 6.07) is 21.2. The number of nitrogens with zero attached hydrogens (tertiary/aromatic N) is 1. The van der Waals surface area contributed by atoms with Crippen molar-refractivity contribution >= 4 is 22.6 Å². The second-order valence-corrected chi connectivity index (χ2v) is 8.22. The Labute approximate surface area is 190 Å². The molecule has 1 aliphatic rings. The lowest BCUT2D eigenvalue weighted by molar-refractivity contribution is 0.0969. The minimum absolute atomic E-state index is 0.394. The molecule has 0 radical (unpaired) electrons. The molecule has 4 aromatic rings. The fourth-order valence-corrected chi connectivity index (χ4v) is 4.43. The van der Waals surface area contributed by atoms with E-state index in [1.54, 1.807) is 7.11 Å². The Morgan fingerprint density at radius 2 is 1.91 bits per heavy atom. The topological polar surface area (TPSA) is 51.9 Å². The van der Waals surface area contributed by atoms with E-state index < -0.39 is 5.63 Å². The summed E-state index contributed by atoms with van der Waals surface area (Å²) >= 11 is 6.60. The zero-order valence-corrected chi connectivity index (χ0v) is 18.4. The highest BCUT2D eigenvalue weighted by molar-refractivity contribution is 6.33. The molecular formula is C26H22ClNO4. The van der Waals surface area contributed by atoms with Gasteiger partial charge < -0.3 is 13.9 Å². The Morgan fingerprint density at radius 1 is 1.06 bits per heavy atom. The lowest BCUT2D eigenvalue weighted by atomic mass is 9.99. The lowest BCUT2D eigenvalue weighted by Crippen LogP contribution is -2.34. The third kappa shape index (κ3) is 3.97. The summed E-state index contributed by atoms with van der Waals surface area (Å²) in [7, 11) is 1.67. The predicted molar refractivity (Wildman–Crippen MR) is 126 cm³/mol. The average Bonchev–Trinajstić information content (AvgIpc) is 2.83. The standard InChI is InChI=1S/C26H22ClNO4/c1-30-19-9-5-6-17(12-19)10-11-28-15-22-25-21(13-23(27)26(22)31-16-28)20(14-24(29)32-25)18-7-3-2-4-8-18/h2-9,12-14H,10-11,15-16H2,1H3. The van der Waals surface area contributed by atoms with Crippen LogP contribution in [0.1, 0.15) is 11.1 Å². The summed E-state index contributed by atoms with van der Waals surface area (Å²) in [6.45, 7) is 1.78. The quantitative estimate of drug-likeness (QED) is 0.377. The van der Waals surface area contributed by atoms with E-state index in [1.165, 1.54) is 11.6 Å². The van der Waals surface area contributed by atoms with Crippen molar-refractivity contribution in [1.29, 1.82) is 0 Å². The Balaban J connectivity index is 1.50. The highest BCUT2D eigenvalue weighted by Gasteiger charge is 2.25. The SMILES string of the molecule is COc1cccc(CCN2COc3c(Cl)cc4c(-c5ccccc5)cc(=O)oc4c3C2)c1. The van der Waals surface area contributed by atoms with Crippen LogP contribution in [0.25, 0.3) is 22.1 Å². The summed E-state index contributed by atoms with van der Waals surface area (Å²) in [5.74, 6) is 1.43.